The molecule has 3 rings (SSSR count). The summed E-state index contributed by atoms with van der Waals surface area (Å²) in [6, 6.07) is 5.12. The summed E-state index contributed by atoms with van der Waals surface area (Å²) in [7, 11) is 0. The van der Waals surface area contributed by atoms with Gasteiger partial charge in [0.2, 0.25) is 5.91 Å². The van der Waals surface area contributed by atoms with Gasteiger partial charge in [-0.25, -0.2) is 13.8 Å². The summed E-state index contributed by atoms with van der Waals surface area (Å²) in [6.45, 7) is 4.32. The van der Waals surface area contributed by atoms with Gasteiger partial charge in [-0.1, -0.05) is 31.2 Å². The van der Waals surface area contributed by atoms with Crippen molar-refractivity contribution in [3.63, 3.8) is 0 Å². The Balaban J connectivity index is 1.82. The fraction of sp³-hybridized carbons (Fsp3) is 0.316. The van der Waals surface area contributed by atoms with Crippen molar-refractivity contribution in [1.82, 2.24) is 14.5 Å². The van der Waals surface area contributed by atoms with Crippen LogP contribution >= 0.6 is 11.8 Å². The molecule has 28 heavy (non-hydrogen) atoms. The number of rotatable bonds is 7. The summed E-state index contributed by atoms with van der Waals surface area (Å²) < 4.78 is 28.9. The van der Waals surface area contributed by atoms with Crippen molar-refractivity contribution >= 4 is 34.4 Å². The number of anilines is 1. The number of para-hydroxylation sites is 1. The van der Waals surface area contributed by atoms with E-state index in [9.17, 15) is 18.4 Å². The van der Waals surface area contributed by atoms with E-state index in [1.807, 2.05) is 13.8 Å². The number of hydrogen-bond donors (Lipinski definition) is 2. The fourth-order valence-electron chi connectivity index (χ4n) is 2.76. The molecule has 0 saturated carbocycles. The second kappa shape index (κ2) is 8.55. The van der Waals surface area contributed by atoms with Crippen LogP contribution in [0.3, 0.4) is 0 Å². The number of aromatic nitrogens is 3. The van der Waals surface area contributed by atoms with E-state index in [0.29, 0.717) is 22.7 Å². The molecular weight excluding hydrogens is 386 g/mol. The van der Waals surface area contributed by atoms with Crippen molar-refractivity contribution < 1.29 is 13.6 Å². The van der Waals surface area contributed by atoms with Crippen LogP contribution in [0.4, 0.5) is 14.5 Å². The third kappa shape index (κ3) is 4.24. The minimum Gasteiger partial charge on any atom is -0.353 e. The number of aromatic amines is 1. The molecule has 0 atom stereocenters. The number of H-pyrrole nitrogens is 1. The zero-order valence-electron chi connectivity index (χ0n) is 15.5. The molecule has 0 saturated heterocycles. The summed E-state index contributed by atoms with van der Waals surface area (Å²) in [4.78, 5) is 32.5. The molecule has 3 aromatic rings. The maximum Gasteiger partial charge on any atom is 0.278 e. The van der Waals surface area contributed by atoms with Crippen molar-refractivity contribution in [3.05, 3.63) is 51.9 Å². The normalized spacial score (nSPS) is 11.1. The molecule has 2 heterocycles. The van der Waals surface area contributed by atoms with Crippen molar-refractivity contribution in [2.75, 3.05) is 11.1 Å². The van der Waals surface area contributed by atoms with Crippen LogP contribution in [0.2, 0.25) is 0 Å². The van der Waals surface area contributed by atoms with E-state index >= 15 is 0 Å². The van der Waals surface area contributed by atoms with E-state index in [1.54, 1.807) is 6.07 Å². The summed E-state index contributed by atoms with van der Waals surface area (Å²) in [5, 5.41) is 2.63. The summed E-state index contributed by atoms with van der Waals surface area (Å²) in [6.07, 6.45) is 1.68. The van der Waals surface area contributed by atoms with Gasteiger partial charge in [0.1, 0.15) is 22.8 Å². The number of nitrogens with one attached hydrogen (secondary N) is 2. The maximum absolute atomic E-state index is 13.7. The number of carbonyl (C=O) groups is 1. The largest absolute Gasteiger partial charge is 0.353 e. The number of halogens is 2. The third-order valence-electron chi connectivity index (χ3n) is 4.13. The lowest BCUT2D eigenvalue weighted by atomic mass is 10.3. The molecule has 0 radical (unpaired) electrons. The number of fused-ring (bicyclic) bond motifs is 1. The Hall–Kier alpha value is -2.68. The van der Waals surface area contributed by atoms with Crippen molar-refractivity contribution in [3.8, 4) is 0 Å². The Morgan fingerprint density at radius 1 is 1.32 bits per heavy atom. The molecule has 0 aliphatic heterocycles. The molecule has 148 valence electrons. The van der Waals surface area contributed by atoms with Gasteiger partial charge in [0.05, 0.1) is 11.3 Å². The van der Waals surface area contributed by atoms with E-state index in [-0.39, 0.29) is 11.3 Å². The van der Waals surface area contributed by atoms with Crippen LogP contribution in [0.15, 0.2) is 34.2 Å². The first-order chi connectivity index (χ1) is 13.4. The minimum atomic E-state index is -0.847. The molecule has 2 aromatic heterocycles. The zero-order valence-corrected chi connectivity index (χ0v) is 16.3. The lowest BCUT2D eigenvalue weighted by Crippen LogP contribution is -2.24. The number of nitrogens with zero attached hydrogens (tertiary/aromatic N) is 2. The number of hydrogen-bond acceptors (Lipinski definition) is 4. The first-order valence-electron chi connectivity index (χ1n) is 8.87. The van der Waals surface area contributed by atoms with Gasteiger partial charge in [-0.15, -0.1) is 0 Å². The predicted octanol–water partition coefficient (Wildman–Crippen LogP) is 3.84. The van der Waals surface area contributed by atoms with Crippen LogP contribution in [0.1, 0.15) is 25.5 Å². The molecule has 0 aliphatic rings. The molecule has 0 fully saturated rings. The molecule has 0 bridgehead atoms. The van der Waals surface area contributed by atoms with Gasteiger partial charge < -0.3 is 10.3 Å². The smallest absolute Gasteiger partial charge is 0.278 e. The van der Waals surface area contributed by atoms with Crippen LogP contribution < -0.4 is 10.9 Å². The summed E-state index contributed by atoms with van der Waals surface area (Å²) >= 11 is 1.06. The van der Waals surface area contributed by atoms with Gasteiger partial charge in [0.15, 0.2) is 5.16 Å². The molecule has 1 aromatic carbocycles. The van der Waals surface area contributed by atoms with Crippen molar-refractivity contribution in [2.24, 2.45) is 0 Å². The summed E-state index contributed by atoms with van der Waals surface area (Å²) in [5.41, 5.74) is 1.08. The highest BCUT2D eigenvalue weighted by Gasteiger charge is 2.16. The first kappa shape index (κ1) is 20.1. The molecule has 6 nitrogen and oxygen atoms in total. The van der Waals surface area contributed by atoms with Crippen LogP contribution in [0.25, 0.3) is 11.0 Å². The van der Waals surface area contributed by atoms with Gasteiger partial charge in [-0.05, 0) is 31.5 Å². The molecule has 0 spiro atoms. The van der Waals surface area contributed by atoms with E-state index < -0.39 is 23.2 Å². The molecule has 9 heteroatoms. The molecule has 1 amide bonds. The minimum absolute atomic E-state index is 0.138. The third-order valence-corrected chi connectivity index (χ3v) is 5.11. The second-order valence-electron chi connectivity index (χ2n) is 6.35. The SMILES string of the molecule is CCCCn1c(SCC(=O)Nc2c(F)cccc2F)nc2cc(C)[nH]c2c1=O. The topological polar surface area (TPSA) is 79.8 Å². The van der Waals surface area contributed by atoms with Crippen LogP contribution in [0.5, 0.6) is 0 Å². The van der Waals surface area contributed by atoms with Gasteiger partial charge in [0.25, 0.3) is 5.56 Å². The van der Waals surface area contributed by atoms with Crippen molar-refractivity contribution in [2.45, 2.75) is 38.4 Å². The molecule has 0 unspecified atom stereocenters. The van der Waals surface area contributed by atoms with E-state index in [4.69, 9.17) is 0 Å². The number of aryl methyl sites for hydroxylation is 1. The summed E-state index contributed by atoms with van der Waals surface area (Å²) in [5.74, 6) is -2.42. The molecular formula is C19H20F2N4O2S. The zero-order chi connectivity index (χ0) is 20.3. The fourth-order valence-corrected chi connectivity index (χ4v) is 3.58. The lowest BCUT2D eigenvalue weighted by molar-refractivity contribution is -0.113. The first-order valence-corrected chi connectivity index (χ1v) is 9.86. The highest BCUT2D eigenvalue weighted by molar-refractivity contribution is 7.99. The van der Waals surface area contributed by atoms with E-state index in [0.717, 1.165) is 42.4 Å². The van der Waals surface area contributed by atoms with E-state index in [1.165, 1.54) is 10.6 Å². The Bertz CT molecular complexity index is 1060. The standard InChI is InChI=1S/C19H20F2N4O2S/c1-3-4-8-25-18(27)17-14(9-11(2)22-17)23-19(25)28-10-15(26)24-16-12(20)6-5-7-13(16)21/h5-7,9,22H,3-4,8,10H2,1-2H3,(H,24,26). The highest BCUT2D eigenvalue weighted by atomic mass is 32.2. The van der Waals surface area contributed by atoms with Gasteiger partial charge >= 0.3 is 0 Å². The number of unbranched alkanes of at least 4 members (excludes halogenated alkanes) is 1. The number of amides is 1. The monoisotopic (exact) mass is 406 g/mol. The predicted molar refractivity (Wildman–Crippen MR) is 106 cm³/mol. The average molecular weight is 406 g/mol. The van der Waals surface area contributed by atoms with Gasteiger partial charge in [-0.2, -0.15) is 0 Å². The molecule has 0 aliphatic carbocycles. The Morgan fingerprint density at radius 2 is 2.04 bits per heavy atom. The Kier molecular flexibility index (Phi) is 6.13. The quantitative estimate of drug-likeness (QED) is 0.462. The van der Waals surface area contributed by atoms with Crippen molar-refractivity contribution in [1.29, 1.82) is 0 Å². The van der Waals surface area contributed by atoms with Gasteiger partial charge in [-0.3, -0.25) is 14.2 Å². The van der Waals surface area contributed by atoms with Crippen LogP contribution in [0, 0.1) is 18.6 Å². The average Bonchev–Trinajstić information content (AvgIpc) is 3.03. The Labute approximate surface area is 164 Å². The van der Waals surface area contributed by atoms with Gasteiger partial charge in [0, 0.05) is 12.2 Å². The Morgan fingerprint density at radius 3 is 2.71 bits per heavy atom. The second-order valence-corrected chi connectivity index (χ2v) is 7.29. The van der Waals surface area contributed by atoms with Crippen LogP contribution in [-0.2, 0) is 11.3 Å². The lowest BCUT2D eigenvalue weighted by Gasteiger charge is -2.12. The van der Waals surface area contributed by atoms with E-state index in [2.05, 4.69) is 15.3 Å². The highest BCUT2D eigenvalue weighted by Crippen LogP contribution is 2.21. The van der Waals surface area contributed by atoms with Crippen LogP contribution in [-0.4, -0.2) is 26.2 Å². The molecule has 2 N–H and O–H groups in total. The number of carbonyl (C=O) groups excluding carboxylic acids is 1. The maximum atomic E-state index is 13.7. The number of thioether (sulfide) groups is 1. The number of benzene rings is 1.